The maximum absolute atomic E-state index is 10.5. The number of rotatable bonds is 2. The van der Waals surface area contributed by atoms with E-state index < -0.39 is 30.0 Å². The van der Waals surface area contributed by atoms with Crippen molar-refractivity contribution in [1.29, 1.82) is 0 Å². The van der Waals surface area contributed by atoms with Gasteiger partial charge in [0, 0.05) is 0 Å². The van der Waals surface area contributed by atoms with Crippen LogP contribution in [0.5, 0.6) is 0 Å². The Hall–Kier alpha value is 2.31. The molecule has 16 heavy (non-hydrogen) atoms. The standard InChI is InChI=1S/C6H6O6S2.2K.2H/c7-13(8,9)5-1-2-6(4-3-5)14(10,11)12;;;;/h1-4H,(H,7,8,9)(H,10,11,12);;;;/q;2*+1;2*-1. The van der Waals surface area contributed by atoms with Crippen molar-refractivity contribution in [3.63, 3.8) is 0 Å². The van der Waals surface area contributed by atoms with E-state index in [0.29, 0.717) is 0 Å². The molecule has 82 valence electrons. The molecular formula is C6H8K2O6S2. The van der Waals surface area contributed by atoms with Crippen LogP contribution < -0.4 is 103 Å². The summed E-state index contributed by atoms with van der Waals surface area (Å²) in [7, 11) is -8.68. The first-order valence-corrected chi connectivity index (χ1v) is 6.14. The SMILES string of the molecule is O=S(=O)(O)c1ccc(S(=O)(=O)O)cc1.[H-].[H-].[K+].[K+]. The normalized spacial score (nSPS) is 11.1. The summed E-state index contributed by atoms with van der Waals surface area (Å²) in [6.45, 7) is 0. The Labute approximate surface area is 182 Å². The van der Waals surface area contributed by atoms with E-state index >= 15 is 0 Å². The van der Waals surface area contributed by atoms with Crippen molar-refractivity contribution in [2.45, 2.75) is 9.79 Å². The van der Waals surface area contributed by atoms with Crippen LogP contribution in [0.1, 0.15) is 2.85 Å². The Kier molecular flexibility index (Phi) is 10.0. The predicted octanol–water partition coefficient (Wildman–Crippen LogP) is -5.59. The molecule has 1 aromatic carbocycles. The van der Waals surface area contributed by atoms with Crippen LogP contribution in [-0.2, 0) is 20.2 Å². The van der Waals surface area contributed by atoms with E-state index in [9.17, 15) is 16.8 Å². The molecule has 0 saturated carbocycles. The van der Waals surface area contributed by atoms with Gasteiger partial charge in [0.25, 0.3) is 20.2 Å². The molecule has 0 aliphatic heterocycles. The molecule has 6 nitrogen and oxygen atoms in total. The van der Waals surface area contributed by atoms with E-state index in [1.54, 1.807) is 0 Å². The fourth-order valence-electron chi connectivity index (χ4n) is 0.784. The second-order valence-electron chi connectivity index (χ2n) is 2.42. The van der Waals surface area contributed by atoms with Gasteiger partial charge in [0.05, 0.1) is 9.79 Å². The zero-order valence-corrected chi connectivity index (χ0v) is 16.5. The van der Waals surface area contributed by atoms with Gasteiger partial charge >= 0.3 is 103 Å². The Morgan fingerprint density at radius 3 is 1.06 bits per heavy atom. The zero-order valence-electron chi connectivity index (χ0n) is 10.7. The monoisotopic (exact) mass is 318 g/mol. The summed E-state index contributed by atoms with van der Waals surface area (Å²) in [5.41, 5.74) is 0. The molecule has 1 rings (SSSR count). The van der Waals surface area contributed by atoms with Gasteiger partial charge < -0.3 is 2.85 Å². The number of hydrogen-bond donors (Lipinski definition) is 2. The van der Waals surface area contributed by atoms with Gasteiger partial charge in [0.15, 0.2) is 0 Å². The summed E-state index contributed by atoms with van der Waals surface area (Å²) in [5.74, 6) is 0. The Morgan fingerprint density at radius 2 is 0.938 bits per heavy atom. The summed E-state index contributed by atoms with van der Waals surface area (Å²) < 4.78 is 59.2. The molecule has 0 radical (unpaired) electrons. The first kappa shape index (κ1) is 20.6. The quantitative estimate of drug-likeness (QED) is 0.416. The summed E-state index contributed by atoms with van der Waals surface area (Å²) in [5, 5.41) is 0. The van der Waals surface area contributed by atoms with Crippen LogP contribution in [0.3, 0.4) is 0 Å². The third kappa shape index (κ3) is 6.47. The molecule has 0 amide bonds. The second kappa shape index (κ2) is 7.79. The van der Waals surface area contributed by atoms with Gasteiger partial charge in [-0.05, 0) is 24.3 Å². The van der Waals surface area contributed by atoms with Crippen LogP contribution >= 0.6 is 0 Å². The van der Waals surface area contributed by atoms with Gasteiger partial charge in [-0.25, -0.2) is 0 Å². The van der Waals surface area contributed by atoms with Gasteiger partial charge in [-0.2, -0.15) is 16.8 Å². The molecule has 0 heterocycles. The first-order valence-electron chi connectivity index (χ1n) is 3.26. The maximum Gasteiger partial charge on any atom is 1.00 e. The van der Waals surface area contributed by atoms with Gasteiger partial charge in [-0.1, -0.05) is 0 Å². The van der Waals surface area contributed by atoms with E-state index in [0.717, 1.165) is 24.3 Å². The second-order valence-corrected chi connectivity index (χ2v) is 5.26. The van der Waals surface area contributed by atoms with Crippen LogP contribution in [0, 0.1) is 0 Å². The van der Waals surface area contributed by atoms with Gasteiger partial charge in [-0.15, -0.1) is 0 Å². The molecule has 0 spiro atoms. The summed E-state index contributed by atoms with van der Waals surface area (Å²) >= 11 is 0. The Morgan fingerprint density at radius 1 is 0.750 bits per heavy atom. The van der Waals surface area contributed by atoms with Crippen LogP contribution in [0.2, 0.25) is 0 Å². The van der Waals surface area contributed by atoms with Crippen molar-refractivity contribution in [2.24, 2.45) is 0 Å². The van der Waals surface area contributed by atoms with E-state index in [-0.39, 0.29) is 106 Å². The van der Waals surface area contributed by atoms with Gasteiger partial charge in [0.2, 0.25) is 0 Å². The third-order valence-corrected chi connectivity index (χ3v) is 3.16. The van der Waals surface area contributed by atoms with Crippen LogP contribution in [-0.4, -0.2) is 25.9 Å². The zero-order chi connectivity index (χ0) is 11.0. The average Bonchev–Trinajstić information content (AvgIpc) is 2.01. The molecule has 0 saturated heterocycles. The van der Waals surface area contributed by atoms with Gasteiger partial charge in [-0.3, -0.25) is 9.11 Å². The molecule has 0 unspecified atom stereocenters. The van der Waals surface area contributed by atoms with Crippen molar-refractivity contribution in [1.82, 2.24) is 0 Å². The smallest absolute Gasteiger partial charge is 1.00 e. The van der Waals surface area contributed by atoms with Crippen molar-refractivity contribution in [2.75, 3.05) is 0 Å². The molecule has 10 heteroatoms. The topological polar surface area (TPSA) is 109 Å². The van der Waals surface area contributed by atoms with E-state index in [1.165, 1.54) is 0 Å². The maximum atomic E-state index is 10.5. The number of benzene rings is 1. The molecule has 2 N–H and O–H groups in total. The van der Waals surface area contributed by atoms with E-state index in [4.69, 9.17) is 9.11 Å². The molecule has 0 bridgehead atoms. The molecule has 1 aromatic rings. The molecule has 0 aliphatic carbocycles. The Balaban J connectivity index is -0.000000245. The Bertz CT molecular complexity index is 491. The van der Waals surface area contributed by atoms with Gasteiger partial charge in [0.1, 0.15) is 0 Å². The summed E-state index contributed by atoms with van der Waals surface area (Å²) in [6, 6.07) is 3.49. The fraction of sp³-hybridized carbons (Fsp3) is 0. The minimum Gasteiger partial charge on any atom is -1.00 e. The van der Waals surface area contributed by atoms with Crippen molar-refractivity contribution in [3.8, 4) is 0 Å². The first-order chi connectivity index (χ1) is 6.21. The average molecular weight is 318 g/mol. The predicted molar refractivity (Wildman–Crippen MR) is 48.3 cm³/mol. The molecule has 0 aromatic heterocycles. The summed E-state index contributed by atoms with van der Waals surface area (Å²) in [6.07, 6.45) is 0. The number of hydrogen-bond acceptors (Lipinski definition) is 4. The van der Waals surface area contributed by atoms with Crippen molar-refractivity contribution >= 4 is 20.2 Å². The molecule has 0 atom stereocenters. The largest absolute Gasteiger partial charge is 1.00 e. The van der Waals surface area contributed by atoms with Crippen molar-refractivity contribution in [3.05, 3.63) is 24.3 Å². The molecule has 0 aliphatic rings. The summed E-state index contributed by atoms with van der Waals surface area (Å²) in [4.78, 5) is -0.880. The fourth-order valence-corrected chi connectivity index (χ4v) is 1.74. The minimum atomic E-state index is -4.34. The molecular weight excluding hydrogens is 310 g/mol. The van der Waals surface area contributed by atoms with Crippen LogP contribution in [0.4, 0.5) is 0 Å². The van der Waals surface area contributed by atoms with E-state index in [2.05, 4.69) is 0 Å². The third-order valence-electron chi connectivity index (χ3n) is 1.42. The molecule has 0 fully saturated rings. The minimum absolute atomic E-state index is 0. The van der Waals surface area contributed by atoms with Crippen molar-refractivity contribution < 1.29 is 132 Å². The van der Waals surface area contributed by atoms with Crippen LogP contribution in [0.15, 0.2) is 34.1 Å². The van der Waals surface area contributed by atoms with E-state index in [1.807, 2.05) is 0 Å². The van der Waals surface area contributed by atoms with Crippen LogP contribution in [0.25, 0.3) is 0 Å².